The van der Waals surface area contributed by atoms with Gasteiger partial charge >= 0.3 is 11.9 Å². The van der Waals surface area contributed by atoms with E-state index in [2.05, 4.69) is 20.8 Å². The Kier molecular flexibility index (Phi) is 27.7. The molecule has 0 aliphatic heterocycles. The first-order chi connectivity index (χ1) is 23.7. The Morgan fingerprint density at radius 3 is 1.96 bits per heavy atom. The van der Waals surface area contributed by atoms with E-state index in [1.807, 2.05) is 18.2 Å². The third-order valence-corrected chi connectivity index (χ3v) is 9.75. The van der Waals surface area contributed by atoms with Gasteiger partial charge in [-0.25, -0.2) is 0 Å². The molecule has 8 heteroatoms. The van der Waals surface area contributed by atoms with E-state index in [1.54, 1.807) is 6.08 Å². The van der Waals surface area contributed by atoms with Gasteiger partial charge in [0.05, 0.1) is 24.9 Å². The number of aliphatic hydroxyl groups excluding tert-OH is 4. The molecule has 0 aromatic rings. The fraction of sp³-hybridized carbons (Fsp3) is 0.854. The minimum atomic E-state index is -0.848. The summed E-state index contributed by atoms with van der Waals surface area (Å²) in [5.41, 5.74) is 0. The van der Waals surface area contributed by atoms with Crippen LogP contribution in [-0.4, -0.2) is 70.0 Å². The molecule has 0 heterocycles. The van der Waals surface area contributed by atoms with E-state index in [1.165, 1.54) is 64.2 Å². The second-order valence-corrected chi connectivity index (χ2v) is 14.8. The average molecular weight is 695 g/mol. The minimum absolute atomic E-state index is 0.118. The molecule has 0 aromatic carbocycles. The second-order valence-electron chi connectivity index (χ2n) is 14.8. The van der Waals surface area contributed by atoms with Crippen molar-refractivity contribution in [3.05, 3.63) is 24.3 Å². The number of carbonyl (C=O) groups is 2. The molecule has 0 saturated heterocycles. The van der Waals surface area contributed by atoms with Crippen LogP contribution in [0.2, 0.25) is 0 Å². The van der Waals surface area contributed by atoms with Crippen LogP contribution in [0.4, 0.5) is 0 Å². The zero-order valence-electron chi connectivity index (χ0n) is 31.5. The number of hydrogen-bond donors (Lipinski definition) is 4. The fourth-order valence-corrected chi connectivity index (χ4v) is 6.61. The quantitative estimate of drug-likeness (QED) is 0.0323. The predicted molar refractivity (Wildman–Crippen MR) is 198 cm³/mol. The molecule has 0 aromatic heterocycles. The topological polar surface area (TPSA) is 134 Å². The molecule has 49 heavy (non-hydrogen) atoms. The van der Waals surface area contributed by atoms with Crippen molar-refractivity contribution in [2.75, 3.05) is 13.2 Å². The molecule has 6 atom stereocenters. The van der Waals surface area contributed by atoms with Gasteiger partial charge in [-0.1, -0.05) is 141 Å². The molecule has 1 aliphatic rings. The van der Waals surface area contributed by atoms with Gasteiger partial charge in [-0.2, -0.15) is 0 Å². The van der Waals surface area contributed by atoms with Gasteiger partial charge in [0, 0.05) is 25.2 Å². The summed E-state index contributed by atoms with van der Waals surface area (Å²) in [6, 6.07) is 0. The van der Waals surface area contributed by atoms with Gasteiger partial charge in [0.2, 0.25) is 0 Å². The Morgan fingerprint density at radius 1 is 0.755 bits per heavy atom. The zero-order valence-corrected chi connectivity index (χ0v) is 31.5. The summed E-state index contributed by atoms with van der Waals surface area (Å²) in [6.45, 7) is 6.17. The lowest BCUT2D eigenvalue weighted by Crippen LogP contribution is -2.28. The molecule has 1 rings (SSSR count). The highest BCUT2D eigenvalue weighted by atomic mass is 16.6. The summed E-state index contributed by atoms with van der Waals surface area (Å²) in [5, 5.41) is 40.7. The summed E-state index contributed by atoms with van der Waals surface area (Å²) < 4.78 is 10.6. The zero-order chi connectivity index (χ0) is 36.1. The van der Waals surface area contributed by atoms with Crippen LogP contribution in [0.1, 0.15) is 168 Å². The SMILES string of the molecule is CCCCC[C@H](O)/C=C/[C@@H]1[C@@H](C/C=C/CCCC(=O)OC[C@H](CO)OC(=O)CCCCCCCCCCCCCCC(C)C)[C@@H](O)C[C@H]1O. The number of aliphatic hydroxyl groups is 4. The number of carbonyl (C=O) groups excluding carboxylic acids is 2. The van der Waals surface area contributed by atoms with E-state index in [4.69, 9.17) is 9.47 Å². The van der Waals surface area contributed by atoms with E-state index in [-0.39, 0.29) is 30.8 Å². The van der Waals surface area contributed by atoms with Crippen LogP contribution in [0.3, 0.4) is 0 Å². The molecule has 0 amide bonds. The predicted octanol–water partition coefficient (Wildman–Crippen LogP) is 8.52. The van der Waals surface area contributed by atoms with Gasteiger partial charge in [-0.05, 0) is 43.9 Å². The van der Waals surface area contributed by atoms with Crippen LogP contribution in [-0.2, 0) is 19.1 Å². The molecule has 8 nitrogen and oxygen atoms in total. The summed E-state index contributed by atoms with van der Waals surface area (Å²) in [5.74, 6) is -0.263. The van der Waals surface area contributed by atoms with E-state index in [0.29, 0.717) is 38.5 Å². The van der Waals surface area contributed by atoms with Gasteiger partial charge in [0.15, 0.2) is 6.10 Å². The van der Waals surface area contributed by atoms with Crippen LogP contribution in [0.25, 0.3) is 0 Å². The lowest BCUT2D eigenvalue weighted by atomic mass is 9.89. The Morgan fingerprint density at radius 2 is 1.35 bits per heavy atom. The number of esters is 2. The normalized spacial score (nSPS) is 20.8. The highest BCUT2D eigenvalue weighted by Crippen LogP contribution is 2.36. The molecule has 0 bridgehead atoms. The average Bonchev–Trinajstić information content (AvgIpc) is 3.34. The smallest absolute Gasteiger partial charge is 0.306 e. The molecule has 0 spiro atoms. The van der Waals surface area contributed by atoms with Gasteiger partial charge in [0.25, 0.3) is 0 Å². The lowest BCUT2D eigenvalue weighted by Gasteiger charge is -2.19. The molecule has 286 valence electrons. The van der Waals surface area contributed by atoms with Crippen molar-refractivity contribution in [3.8, 4) is 0 Å². The lowest BCUT2D eigenvalue weighted by molar-refractivity contribution is -0.161. The van der Waals surface area contributed by atoms with Gasteiger partial charge in [0.1, 0.15) is 6.61 Å². The van der Waals surface area contributed by atoms with Crippen molar-refractivity contribution in [3.63, 3.8) is 0 Å². The van der Waals surface area contributed by atoms with Crippen LogP contribution >= 0.6 is 0 Å². The van der Waals surface area contributed by atoms with E-state index >= 15 is 0 Å². The van der Waals surface area contributed by atoms with Crippen molar-refractivity contribution < 1.29 is 39.5 Å². The highest BCUT2D eigenvalue weighted by Gasteiger charge is 2.39. The first-order valence-corrected chi connectivity index (χ1v) is 20.0. The van der Waals surface area contributed by atoms with Crippen LogP contribution in [0.5, 0.6) is 0 Å². The van der Waals surface area contributed by atoms with E-state index < -0.39 is 37.0 Å². The van der Waals surface area contributed by atoms with Crippen molar-refractivity contribution in [2.24, 2.45) is 17.8 Å². The number of hydrogen-bond acceptors (Lipinski definition) is 8. The first-order valence-electron chi connectivity index (χ1n) is 20.0. The Labute approximate surface area is 299 Å². The summed E-state index contributed by atoms with van der Waals surface area (Å²) in [6.07, 6.45) is 27.6. The highest BCUT2D eigenvalue weighted by molar-refractivity contribution is 5.70. The van der Waals surface area contributed by atoms with Gasteiger partial charge < -0.3 is 29.9 Å². The van der Waals surface area contributed by atoms with Crippen molar-refractivity contribution in [1.82, 2.24) is 0 Å². The number of unbranched alkanes of at least 4 members (excludes halogenated alkanes) is 14. The van der Waals surface area contributed by atoms with Crippen LogP contribution < -0.4 is 0 Å². The Hall–Kier alpha value is -1.74. The summed E-state index contributed by atoms with van der Waals surface area (Å²) in [4.78, 5) is 24.4. The number of rotatable bonds is 31. The monoisotopic (exact) mass is 695 g/mol. The van der Waals surface area contributed by atoms with Crippen LogP contribution in [0, 0.1) is 17.8 Å². The summed E-state index contributed by atoms with van der Waals surface area (Å²) in [7, 11) is 0. The molecule has 1 aliphatic carbocycles. The van der Waals surface area contributed by atoms with Crippen molar-refractivity contribution >= 4 is 11.9 Å². The van der Waals surface area contributed by atoms with Crippen molar-refractivity contribution in [1.29, 1.82) is 0 Å². The summed E-state index contributed by atoms with van der Waals surface area (Å²) >= 11 is 0. The van der Waals surface area contributed by atoms with Crippen LogP contribution in [0.15, 0.2) is 24.3 Å². The molecular formula is C41H74O8. The van der Waals surface area contributed by atoms with Gasteiger partial charge in [-0.3, -0.25) is 9.59 Å². The molecule has 0 unspecified atom stereocenters. The minimum Gasteiger partial charge on any atom is -0.462 e. The van der Waals surface area contributed by atoms with E-state index in [0.717, 1.165) is 44.4 Å². The third-order valence-electron chi connectivity index (χ3n) is 9.75. The Bertz CT molecular complexity index is 872. The van der Waals surface area contributed by atoms with E-state index in [9.17, 15) is 30.0 Å². The molecule has 0 radical (unpaired) electrons. The fourth-order valence-electron chi connectivity index (χ4n) is 6.61. The van der Waals surface area contributed by atoms with Gasteiger partial charge in [-0.15, -0.1) is 0 Å². The first kappa shape index (κ1) is 45.3. The molecule has 4 N–H and O–H groups in total. The molecule has 1 fully saturated rings. The number of allylic oxidation sites excluding steroid dienone is 2. The third kappa shape index (κ3) is 24.1. The van der Waals surface area contributed by atoms with Crippen molar-refractivity contribution in [2.45, 2.75) is 193 Å². The molecular weight excluding hydrogens is 620 g/mol. The maximum absolute atomic E-state index is 12.2. The standard InChI is InChI=1S/C41H74O8/c1-4-5-18-24-34(43)28-29-37-36(38(44)30-39(37)45)25-20-16-17-21-26-40(46)48-32-35(31-42)49-41(47)27-22-15-13-11-9-7-6-8-10-12-14-19-23-33(2)3/h16,20,28-29,33-39,42-45H,4-15,17-19,21-27,30-32H2,1-3H3/b20-16+,29-28+/t34-,35-,36+,37+,38-,39+/m0/s1. The number of ether oxygens (including phenoxy) is 2. The Balaban J connectivity index is 2.11. The largest absolute Gasteiger partial charge is 0.462 e. The second kappa shape index (κ2) is 29.9. The maximum atomic E-state index is 12.2. The maximum Gasteiger partial charge on any atom is 0.306 e. The molecule has 1 saturated carbocycles.